The molecule has 0 unspecified atom stereocenters. The van der Waals surface area contributed by atoms with E-state index in [4.69, 9.17) is 4.74 Å². The molecule has 1 aromatic carbocycles. The summed E-state index contributed by atoms with van der Waals surface area (Å²) in [6.07, 6.45) is 0. The summed E-state index contributed by atoms with van der Waals surface area (Å²) in [5, 5.41) is 2.46. The van der Waals surface area contributed by atoms with Crippen LogP contribution in [0.1, 0.15) is 21.5 Å². The standard InChI is InChI=1S/C15H20N2O4/c1-10-5-6-12(7-11(10)2)15(20)16-8-14(19)21-9-13(18)17(3)4/h5-7H,8-9H2,1-4H3,(H,16,20). The smallest absolute Gasteiger partial charge is 0.325 e. The lowest BCUT2D eigenvalue weighted by molar-refractivity contribution is -0.150. The lowest BCUT2D eigenvalue weighted by Crippen LogP contribution is -2.33. The first kappa shape index (κ1) is 16.7. The number of nitrogens with one attached hydrogen (secondary N) is 1. The van der Waals surface area contributed by atoms with Gasteiger partial charge < -0.3 is 15.0 Å². The van der Waals surface area contributed by atoms with Crippen LogP contribution in [0.2, 0.25) is 0 Å². The third-order valence-electron chi connectivity index (χ3n) is 3.02. The zero-order valence-corrected chi connectivity index (χ0v) is 12.7. The number of carbonyl (C=O) groups is 3. The Hall–Kier alpha value is -2.37. The number of likely N-dealkylation sites (N-methyl/N-ethyl adjacent to an activating group) is 1. The molecule has 0 aliphatic heterocycles. The highest BCUT2D eigenvalue weighted by Crippen LogP contribution is 2.09. The van der Waals surface area contributed by atoms with Crippen molar-refractivity contribution in [2.24, 2.45) is 0 Å². The van der Waals surface area contributed by atoms with Gasteiger partial charge in [0.2, 0.25) is 0 Å². The zero-order chi connectivity index (χ0) is 16.0. The molecule has 6 nitrogen and oxygen atoms in total. The van der Waals surface area contributed by atoms with Crippen LogP contribution in [0.15, 0.2) is 18.2 Å². The quantitative estimate of drug-likeness (QED) is 0.809. The van der Waals surface area contributed by atoms with Gasteiger partial charge in [0.25, 0.3) is 11.8 Å². The Morgan fingerprint density at radius 2 is 1.81 bits per heavy atom. The Bertz CT molecular complexity index is 553. The summed E-state index contributed by atoms with van der Waals surface area (Å²) in [5.41, 5.74) is 2.57. The second-order valence-electron chi connectivity index (χ2n) is 4.93. The number of esters is 1. The highest BCUT2D eigenvalue weighted by Gasteiger charge is 2.12. The number of hydrogen-bond acceptors (Lipinski definition) is 4. The van der Waals surface area contributed by atoms with Gasteiger partial charge in [-0.2, -0.15) is 0 Å². The van der Waals surface area contributed by atoms with Crippen molar-refractivity contribution >= 4 is 17.8 Å². The van der Waals surface area contributed by atoms with Crippen LogP contribution in [0.5, 0.6) is 0 Å². The molecule has 0 aliphatic rings. The van der Waals surface area contributed by atoms with Gasteiger partial charge in [0.05, 0.1) is 0 Å². The van der Waals surface area contributed by atoms with Crippen LogP contribution < -0.4 is 5.32 Å². The number of aryl methyl sites for hydroxylation is 2. The van der Waals surface area contributed by atoms with E-state index in [1.54, 1.807) is 26.2 Å². The van der Waals surface area contributed by atoms with E-state index in [1.807, 2.05) is 19.9 Å². The van der Waals surface area contributed by atoms with E-state index in [0.29, 0.717) is 5.56 Å². The Labute approximate surface area is 124 Å². The summed E-state index contributed by atoms with van der Waals surface area (Å²) in [6.45, 7) is 3.27. The second kappa shape index (κ2) is 7.42. The van der Waals surface area contributed by atoms with E-state index in [1.165, 1.54) is 4.90 Å². The molecule has 0 aromatic heterocycles. The number of nitrogens with zero attached hydrogens (tertiary/aromatic N) is 1. The fourth-order valence-corrected chi connectivity index (χ4v) is 1.46. The minimum Gasteiger partial charge on any atom is -0.454 e. The normalized spacial score (nSPS) is 9.90. The van der Waals surface area contributed by atoms with E-state index in [9.17, 15) is 14.4 Å². The van der Waals surface area contributed by atoms with Crippen LogP contribution in [-0.4, -0.2) is 49.9 Å². The predicted molar refractivity (Wildman–Crippen MR) is 77.9 cm³/mol. The van der Waals surface area contributed by atoms with Gasteiger partial charge in [0.1, 0.15) is 6.54 Å². The molecule has 0 saturated carbocycles. The largest absolute Gasteiger partial charge is 0.454 e. The minimum atomic E-state index is -0.651. The van der Waals surface area contributed by atoms with Crippen molar-refractivity contribution in [2.45, 2.75) is 13.8 Å². The molecule has 0 aliphatic carbocycles. The Morgan fingerprint density at radius 3 is 2.38 bits per heavy atom. The third kappa shape index (κ3) is 5.25. The molecule has 0 heterocycles. The highest BCUT2D eigenvalue weighted by atomic mass is 16.5. The average molecular weight is 292 g/mol. The molecule has 114 valence electrons. The SMILES string of the molecule is Cc1ccc(C(=O)NCC(=O)OCC(=O)N(C)C)cc1C. The molecule has 6 heteroatoms. The minimum absolute atomic E-state index is 0.271. The summed E-state index contributed by atoms with van der Waals surface area (Å²) in [4.78, 5) is 35.8. The van der Waals surface area contributed by atoms with Gasteiger partial charge in [0, 0.05) is 19.7 Å². The first-order valence-electron chi connectivity index (χ1n) is 6.52. The fraction of sp³-hybridized carbons (Fsp3) is 0.400. The lowest BCUT2D eigenvalue weighted by atomic mass is 10.1. The van der Waals surface area contributed by atoms with Crippen LogP contribution in [-0.2, 0) is 14.3 Å². The Morgan fingerprint density at radius 1 is 1.14 bits per heavy atom. The molecule has 1 aromatic rings. The predicted octanol–water partition coefficient (Wildman–Crippen LogP) is 0.665. The molecule has 1 rings (SSSR count). The first-order valence-corrected chi connectivity index (χ1v) is 6.52. The van der Waals surface area contributed by atoms with Gasteiger partial charge in [-0.3, -0.25) is 14.4 Å². The highest BCUT2D eigenvalue weighted by molar-refractivity contribution is 5.96. The molecule has 0 bridgehead atoms. The van der Waals surface area contributed by atoms with Crippen molar-refractivity contribution in [3.8, 4) is 0 Å². The van der Waals surface area contributed by atoms with E-state index >= 15 is 0 Å². The first-order chi connectivity index (χ1) is 9.81. The maximum absolute atomic E-state index is 11.9. The molecule has 0 atom stereocenters. The van der Waals surface area contributed by atoms with Crippen LogP contribution >= 0.6 is 0 Å². The van der Waals surface area contributed by atoms with Gasteiger partial charge in [0.15, 0.2) is 6.61 Å². The summed E-state index contributed by atoms with van der Waals surface area (Å²) >= 11 is 0. The van der Waals surface area contributed by atoms with Gasteiger partial charge in [-0.15, -0.1) is 0 Å². The average Bonchev–Trinajstić information content (AvgIpc) is 2.44. The summed E-state index contributed by atoms with van der Waals surface area (Å²) < 4.78 is 4.75. The maximum atomic E-state index is 11.9. The van der Waals surface area contributed by atoms with Crippen molar-refractivity contribution < 1.29 is 19.1 Å². The van der Waals surface area contributed by atoms with Crippen molar-refractivity contribution in [1.29, 1.82) is 0 Å². The fourth-order valence-electron chi connectivity index (χ4n) is 1.46. The number of ether oxygens (including phenoxy) is 1. The molecular weight excluding hydrogens is 272 g/mol. The lowest BCUT2D eigenvalue weighted by Gasteiger charge is -2.11. The molecule has 21 heavy (non-hydrogen) atoms. The number of carbonyl (C=O) groups excluding carboxylic acids is 3. The van der Waals surface area contributed by atoms with E-state index in [-0.39, 0.29) is 25.0 Å². The molecule has 0 saturated heterocycles. The van der Waals surface area contributed by atoms with Gasteiger partial charge in [-0.05, 0) is 37.1 Å². The number of amides is 2. The molecule has 0 spiro atoms. The van der Waals surface area contributed by atoms with Gasteiger partial charge in [-0.25, -0.2) is 0 Å². The van der Waals surface area contributed by atoms with E-state index in [0.717, 1.165) is 11.1 Å². The molecule has 1 N–H and O–H groups in total. The van der Waals surface area contributed by atoms with Crippen molar-refractivity contribution in [2.75, 3.05) is 27.2 Å². The summed E-state index contributed by atoms with van der Waals surface area (Å²) in [6, 6.07) is 5.29. The number of rotatable bonds is 5. The Balaban J connectivity index is 2.44. The monoisotopic (exact) mass is 292 g/mol. The van der Waals surface area contributed by atoms with Crippen LogP contribution in [0.25, 0.3) is 0 Å². The van der Waals surface area contributed by atoms with Crippen molar-refractivity contribution in [3.63, 3.8) is 0 Å². The van der Waals surface area contributed by atoms with Gasteiger partial charge in [-0.1, -0.05) is 6.07 Å². The third-order valence-corrected chi connectivity index (χ3v) is 3.02. The zero-order valence-electron chi connectivity index (χ0n) is 12.7. The summed E-state index contributed by atoms with van der Waals surface area (Å²) in [7, 11) is 3.13. The molecule has 0 radical (unpaired) electrons. The van der Waals surface area contributed by atoms with Gasteiger partial charge >= 0.3 is 5.97 Å². The number of benzene rings is 1. The van der Waals surface area contributed by atoms with Crippen LogP contribution in [0.4, 0.5) is 0 Å². The van der Waals surface area contributed by atoms with Crippen molar-refractivity contribution in [3.05, 3.63) is 34.9 Å². The second-order valence-corrected chi connectivity index (χ2v) is 4.93. The molecular formula is C15H20N2O4. The molecule has 2 amide bonds. The van der Waals surface area contributed by atoms with Crippen molar-refractivity contribution in [1.82, 2.24) is 10.2 Å². The van der Waals surface area contributed by atoms with Crippen LogP contribution in [0, 0.1) is 13.8 Å². The van der Waals surface area contributed by atoms with E-state index < -0.39 is 5.97 Å². The van der Waals surface area contributed by atoms with Crippen LogP contribution in [0.3, 0.4) is 0 Å². The maximum Gasteiger partial charge on any atom is 0.325 e. The number of hydrogen-bond donors (Lipinski definition) is 1. The summed E-state index contributed by atoms with van der Waals surface area (Å²) in [5.74, 6) is -1.32. The molecule has 0 fully saturated rings. The topological polar surface area (TPSA) is 75.7 Å². The Kier molecular flexibility index (Phi) is 5.90. The van der Waals surface area contributed by atoms with E-state index in [2.05, 4.69) is 5.32 Å².